The molecule has 0 atom stereocenters. The average molecular weight is 302 g/mol. The quantitative estimate of drug-likeness (QED) is 0.611. The van der Waals surface area contributed by atoms with E-state index in [1.807, 2.05) is 30.3 Å². The van der Waals surface area contributed by atoms with Crippen molar-refractivity contribution >= 4 is 10.2 Å². The van der Waals surface area contributed by atoms with Crippen molar-refractivity contribution in [2.45, 2.75) is 13.0 Å². The van der Waals surface area contributed by atoms with Gasteiger partial charge in [0, 0.05) is 26.7 Å². The molecule has 0 aliphatic carbocycles. The van der Waals surface area contributed by atoms with Gasteiger partial charge in [0.25, 0.3) is 10.2 Å². The van der Waals surface area contributed by atoms with Gasteiger partial charge in [-0.3, -0.25) is 0 Å². The van der Waals surface area contributed by atoms with E-state index in [9.17, 15) is 8.42 Å². The van der Waals surface area contributed by atoms with Crippen molar-refractivity contribution < 1.29 is 18.3 Å². The van der Waals surface area contributed by atoms with Gasteiger partial charge in [-0.1, -0.05) is 30.3 Å². The van der Waals surface area contributed by atoms with E-state index >= 15 is 0 Å². The van der Waals surface area contributed by atoms with Gasteiger partial charge in [0.05, 0.1) is 13.2 Å². The van der Waals surface area contributed by atoms with Gasteiger partial charge in [-0.2, -0.15) is 12.7 Å². The second-order valence-electron chi connectivity index (χ2n) is 4.33. The monoisotopic (exact) mass is 302 g/mol. The minimum absolute atomic E-state index is 0.0223. The van der Waals surface area contributed by atoms with Gasteiger partial charge in [-0.15, -0.1) is 0 Å². The topological polar surface area (TPSA) is 78.9 Å². The molecule has 0 fully saturated rings. The first-order valence-corrected chi connectivity index (χ1v) is 7.93. The number of rotatable bonds is 10. The smallest absolute Gasteiger partial charge is 0.279 e. The molecule has 0 radical (unpaired) electrons. The molecule has 0 spiro atoms. The molecule has 114 valence electrons. The number of hydrogen-bond donors (Lipinski definition) is 2. The maximum Gasteiger partial charge on any atom is 0.279 e. The highest BCUT2D eigenvalue weighted by Crippen LogP contribution is 2.05. The van der Waals surface area contributed by atoms with Crippen molar-refractivity contribution in [2.75, 3.05) is 33.4 Å². The predicted molar refractivity (Wildman–Crippen MR) is 77.4 cm³/mol. The minimum Gasteiger partial charge on any atom is -0.394 e. The number of ether oxygens (including phenoxy) is 1. The lowest BCUT2D eigenvalue weighted by Crippen LogP contribution is -2.38. The molecule has 7 heteroatoms. The number of nitrogens with zero attached hydrogens (tertiary/aromatic N) is 1. The van der Waals surface area contributed by atoms with Crippen LogP contribution in [-0.4, -0.2) is 51.2 Å². The van der Waals surface area contributed by atoms with Crippen molar-refractivity contribution in [1.29, 1.82) is 0 Å². The lowest BCUT2D eigenvalue weighted by molar-refractivity contribution is 0.0913. The zero-order chi connectivity index (χ0) is 14.8. The van der Waals surface area contributed by atoms with Gasteiger partial charge in [0.15, 0.2) is 0 Å². The number of benzene rings is 1. The molecule has 0 heterocycles. The highest BCUT2D eigenvalue weighted by Gasteiger charge is 2.16. The summed E-state index contributed by atoms with van der Waals surface area (Å²) in [6.07, 6.45) is 0.568. The number of hydrogen-bond acceptors (Lipinski definition) is 4. The molecular weight excluding hydrogens is 280 g/mol. The highest BCUT2D eigenvalue weighted by molar-refractivity contribution is 7.87. The Labute approximate surface area is 120 Å². The van der Waals surface area contributed by atoms with Crippen molar-refractivity contribution in [1.82, 2.24) is 9.03 Å². The summed E-state index contributed by atoms with van der Waals surface area (Å²) in [6.45, 7) is 1.32. The fourth-order valence-corrected chi connectivity index (χ4v) is 2.52. The summed E-state index contributed by atoms with van der Waals surface area (Å²) >= 11 is 0. The van der Waals surface area contributed by atoms with Crippen LogP contribution in [0.1, 0.15) is 12.0 Å². The zero-order valence-electron chi connectivity index (χ0n) is 11.7. The van der Waals surface area contributed by atoms with E-state index in [2.05, 4.69) is 4.72 Å². The van der Waals surface area contributed by atoms with Gasteiger partial charge in [0.1, 0.15) is 0 Å². The molecule has 0 aliphatic heterocycles. The Morgan fingerprint density at radius 2 is 1.95 bits per heavy atom. The Morgan fingerprint density at radius 1 is 1.25 bits per heavy atom. The molecule has 1 aromatic carbocycles. The van der Waals surface area contributed by atoms with E-state index < -0.39 is 10.2 Å². The molecule has 2 N–H and O–H groups in total. The Balaban J connectivity index is 2.32. The summed E-state index contributed by atoms with van der Waals surface area (Å²) in [4.78, 5) is 0. The first kappa shape index (κ1) is 17.1. The Bertz CT molecular complexity index is 465. The average Bonchev–Trinajstić information content (AvgIpc) is 2.43. The van der Waals surface area contributed by atoms with E-state index in [1.165, 1.54) is 11.4 Å². The summed E-state index contributed by atoms with van der Waals surface area (Å²) < 4.78 is 32.8. The van der Waals surface area contributed by atoms with E-state index in [0.29, 0.717) is 26.1 Å². The van der Waals surface area contributed by atoms with Crippen LogP contribution in [0.15, 0.2) is 30.3 Å². The first-order valence-electron chi connectivity index (χ1n) is 6.49. The van der Waals surface area contributed by atoms with E-state index in [-0.39, 0.29) is 13.2 Å². The Morgan fingerprint density at radius 3 is 2.60 bits per heavy atom. The Kier molecular flexibility index (Phi) is 7.71. The van der Waals surface area contributed by atoms with Gasteiger partial charge < -0.3 is 9.84 Å². The maximum absolute atomic E-state index is 12.0. The summed E-state index contributed by atoms with van der Waals surface area (Å²) in [5.74, 6) is 0. The number of aliphatic hydroxyl groups excluding tert-OH is 1. The molecule has 6 nitrogen and oxygen atoms in total. The van der Waals surface area contributed by atoms with Crippen LogP contribution < -0.4 is 4.72 Å². The van der Waals surface area contributed by atoms with Gasteiger partial charge in [-0.05, 0) is 12.0 Å². The number of nitrogens with one attached hydrogen (secondary N) is 1. The normalized spacial score (nSPS) is 11.9. The maximum atomic E-state index is 12.0. The second kappa shape index (κ2) is 9.04. The van der Waals surface area contributed by atoms with Crippen molar-refractivity contribution in [3.8, 4) is 0 Å². The summed E-state index contributed by atoms with van der Waals surface area (Å²) in [6, 6.07) is 9.41. The predicted octanol–water partition coefficient (Wildman–Crippen LogP) is 0.352. The van der Waals surface area contributed by atoms with Gasteiger partial charge in [0.2, 0.25) is 0 Å². The van der Waals surface area contributed by atoms with Crippen LogP contribution in [0.3, 0.4) is 0 Å². The minimum atomic E-state index is -3.47. The van der Waals surface area contributed by atoms with E-state index in [0.717, 1.165) is 5.56 Å². The van der Waals surface area contributed by atoms with Crippen molar-refractivity contribution in [3.05, 3.63) is 35.9 Å². The highest BCUT2D eigenvalue weighted by atomic mass is 32.2. The molecule has 0 aliphatic rings. The van der Waals surface area contributed by atoms with Crippen LogP contribution in [0.5, 0.6) is 0 Å². The van der Waals surface area contributed by atoms with Gasteiger partial charge in [-0.25, -0.2) is 4.72 Å². The lowest BCUT2D eigenvalue weighted by Gasteiger charge is -2.17. The molecule has 0 amide bonds. The second-order valence-corrected chi connectivity index (χ2v) is 6.19. The van der Waals surface area contributed by atoms with Crippen LogP contribution in [0.25, 0.3) is 0 Å². The summed E-state index contributed by atoms with van der Waals surface area (Å²) in [5, 5.41) is 8.52. The van der Waals surface area contributed by atoms with Gasteiger partial charge >= 0.3 is 0 Å². The third kappa shape index (κ3) is 6.44. The third-order valence-electron chi connectivity index (χ3n) is 2.64. The first-order chi connectivity index (χ1) is 9.56. The molecule has 0 bridgehead atoms. The fourth-order valence-electron chi connectivity index (χ4n) is 1.58. The van der Waals surface area contributed by atoms with Crippen LogP contribution in [0, 0.1) is 0 Å². The van der Waals surface area contributed by atoms with Crippen molar-refractivity contribution in [3.63, 3.8) is 0 Å². The van der Waals surface area contributed by atoms with Crippen LogP contribution in [0.4, 0.5) is 0 Å². The zero-order valence-corrected chi connectivity index (χ0v) is 12.5. The third-order valence-corrected chi connectivity index (χ3v) is 4.16. The SMILES string of the molecule is CN(Cc1ccccc1)S(=O)(=O)NCCCOCCO. The largest absolute Gasteiger partial charge is 0.394 e. The Hall–Kier alpha value is -0.990. The van der Waals surface area contributed by atoms with E-state index in [4.69, 9.17) is 9.84 Å². The summed E-state index contributed by atoms with van der Waals surface area (Å²) in [5.41, 5.74) is 0.937. The fraction of sp³-hybridized carbons (Fsp3) is 0.538. The van der Waals surface area contributed by atoms with Crippen LogP contribution >= 0.6 is 0 Å². The molecule has 0 saturated heterocycles. The standard InChI is InChI=1S/C13H22N2O4S/c1-15(12-13-6-3-2-4-7-13)20(17,18)14-8-5-10-19-11-9-16/h2-4,6-7,14,16H,5,8-12H2,1H3. The molecular formula is C13H22N2O4S. The molecule has 1 aromatic rings. The van der Waals surface area contributed by atoms with Crippen LogP contribution in [0.2, 0.25) is 0 Å². The van der Waals surface area contributed by atoms with Crippen molar-refractivity contribution in [2.24, 2.45) is 0 Å². The molecule has 0 unspecified atom stereocenters. The van der Waals surface area contributed by atoms with Crippen LogP contribution in [-0.2, 0) is 21.5 Å². The van der Waals surface area contributed by atoms with E-state index in [1.54, 1.807) is 0 Å². The molecule has 1 rings (SSSR count). The molecule has 20 heavy (non-hydrogen) atoms. The molecule has 0 saturated carbocycles. The summed E-state index contributed by atoms with van der Waals surface area (Å²) in [7, 11) is -1.93. The number of aliphatic hydroxyl groups is 1. The molecule has 0 aromatic heterocycles. The lowest BCUT2D eigenvalue weighted by atomic mass is 10.2.